The maximum Gasteiger partial charge on any atom is 0.306 e. The number of anilines is 1. The van der Waals surface area contributed by atoms with E-state index in [0.717, 1.165) is 61.3 Å². The van der Waals surface area contributed by atoms with Crippen LogP contribution in [0, 0.1) is 5.92 Å². The van der Waals surface area contributed by atoms with Gasteiger partial charge in [0.1, 0.15) is 13.2 Å². The van der Waals surface area contributed by atoms with E-state index < -0.39 is 0 Å². The molecule has 2 aliphatic heterocycles. The van der Waals surface area contributed by atoms with E-state index in [0.29, 0.717) is 49.1 Å². The van der Waals surface area contributed by atoms with Gasteiger partial charge in [0.15, 0.2) is 11.5 Å². The summed E-state index contributed by atoms with van der Waals surface area (Å²) in [6, 6.07) is 9.48. The van der Waals surface area contributed by atoms with E-state index in [1.54, 1.807) is 26.3 Å². The summed E-state index contributed by atoms with van der Waals surface area (Å²) in [5.74, 6) is 1.62. The van der Waals surface area contributed by atoms with E-state index >= 15 is 0 Å². The van der Waals surface area contributed by atoms with Gasteiger partial charge >= 0.3 is 5.97 Å². The number of carbonyl (C=O) groups excluding carboxylic acids is 2. The van der Waals surface area contributed by atoms with Crippen molar-refractivity contribution in [2.24, 2.45) is 5.92 Å². The number of benzene rings is 1. The Balaban J connectivity index is 1.18. The van der Waals surface area contributed by atoms with Crippen LogP contribution in [0.5, 0.6) is 17.4 Å². The Morgan fingerprint density at radius 3 is 2.65 bits per heavy atom. The van der Waals surface area contributed by atoms with E-state index in [4.69, 9.17) is 18.9 Å². The second kappa shape index (κ2) is 13.0. The summed E-state index contributed by atoms with van der Waals surface area (Å²) >= 11 is 0. The fourth-order valence-corrected chi connectivity index (χ4v) is 5.21. The summed E-state index contributed by atoms with van der Waals surface area (Å²) < 4.78 is 21.6. The van der Waals surface area contributed by atoms with Crippen LogP contribution in [-0.4, -0.2) is 73.3 Å². The molecule has 0 aliphatic carbocycles. The zero-order valence-corrected chi connectivity index (χ0v) is 23.1. The Labute approximate surface area is 234 Å². The number of ether oxygens (including phenoxy) is 4. The maximum atomic E-state index is 13.3. The number of fused-ring (bicyclic) bond motifs is 2. The van der Waals surface area contributed by atoms with Crippen LogP contribution < -0.4 is 19.5 Å². The monoisotopic (exact) mass is 548 g/mol. The number of aryl methyl sites for hydroxylation is 1. The number of nitrogens with zero attached hydrogens (tertiary/aromatic N) is 3. The highest BCUT2D eigenvalue weighted by molar-refractivity contribution is 6.02. The molecule has 2 aromatic heterocycles. The quantitative estimate of drug-likeness (QED) is 0.378. The first kappa shape index (κ1) is 27.6. The van der Waals surface area contributed by atoms with E-state index in [9.17, 15) is 9.59 Å². The molecule has 1 aromatic carbocycles. The van der Waals surface area contributed by atoms with Crippen LogP contribution in [0.4, 0.5) is 5.69 Å². The SMILES string of the molecule is CCOC(=O)CCc1ccc(NC(=O)C2CCN(CCc3cc4c(cn3)OCCO4)CC2)c2nc(OC)ccc12. The summed E-state index contributed by atoms with van der Waals surface area (Å²) in [5.41, 5.74) is 3.24. The lowest BCUT2D eigenvalue weighted by Gasteiger charge is -2.31. The molecule has 1 N–H and O–H groups in total. The van der Waals surface area contributed by atoms with Crippen molar-refractivity contribution in [2.75, 3.05) is 51.9 Å². The molecule has 0 radical (unpaired) electrons. The maximum absolute atomic E-state index is 13.3. The Morgan fingerprint density at radius 1 is 1.07 bits per heavy atom. The molecule has 212 valence electrons. The Morgan fingerprint density at radius 2 is 1.88 bits per heavy atom. The average molecular weight is 549 g/mol. The van der Waals surface area contributed by atoms with Crippen LogP contribution in [0.1, 0.15) is 37.4 Å². The molecule has 0 spiro atoms. The first-order chi connectivity index (χ1) is 19.5. The van der Waals surface area contributed by atoms with Gasteiger partial charge in [-0.1, -0.05) is 6.07 Å². The molecule has 1 amide bonds. The van der Waals surface area contributed by atoms with Gasteiger partial charge in [0.05, 0.1) is 31.1 Å². The van der Waals surface area contributed by atoms with Crippen LogP contribution in [0.2, 0.25) is 0 Å². The molecule has 1 saturated heterocycles. The fraction of sp³-hybridized carbons (Fsp3) is 0.467. The summed E-state index contributed by atoms with van der Waals surface area (Å²) in [6.45, 7) is 5.85. The van der Waals surface area contributed by atoms with Crippen LogP contribution in [0.15, 0.2) is 36.5 Å². The second-order valence-corrected chi connectivity index (χ2v) is 10.0. The molecular weight excluding hydrogens is 512 g/mol. The lowest BCUT2D eigenvalue weighted by Crippen LogP contribution is -2.39. The first-order valence-corrected chi connectivity index (χ1v) is 13.9. The first-order valence-electron chi connectivity index (χ1n) is 13.9. The number of nitrogens with one attached hydrogen (secondary N) is 1. The van der Waals surface area contributed by atoms with E-state index in [1.165, 1.54) is 0 Å². The van der Waals surface area contributed by atoms with Gasteiger partial charge in [-0.3, -0.25) is 14.6 Å². The van der Waals surface area contributed by atoms with Gasteiger partial charge in [-0.25, -0.2) is 4.98 Å². The average Bonchev–Trinajstić information content (AvgIpc) is 2.99. The number of piperidine rings is 1. The highest BCUT2D eigenvalue weighted by Gasteiger charge is 2.26. The number of pyridine rings is 2. The van der Waals surface area contributed by atoms with Crippen molar-refractivity contribution in [2.45, 2.75) is 39.0 Å². The van der Waals surface area contributed by atoms with E-state index in [2.05, 4.69) is 20.2 Å². The van der Waals surface area contributed by atoms with Crippen LogP contribution in [0.3, 0.4) is 0 Å². The van der Waals surface area contributed by atoms with Crippen molar-refractivity contribution >= 4 is 28.5 Å². The lowest BCUT2D eigenvalue weighted by molar-refractivity contribution is -0.143. The molecule has 10 nitrogen and oxygen atoms in total. The van der Waals surface area contributed by atoms with Crippen molar-refractivity contribution in [1.82, 2.24) is 14.9 Å². The Kier molecular flexibility index (Phi) is 8.95. The third-order valence-corrected chi connectivity index (χ3v) is 7.42. The molecule has 0 unspecified atom stereocenters. The Hall–Kier alpha value is -3.92. The third kappa shape index (κ3) is 6.62. The summed E-state index contributed by atoms with van der Waals surface area (Å²) in [5, 5.41) is 4.00. The van der Waals surface area contributed by atoms with Gasteiger partial charge in [0.2, 0.25) is 11.8 Å². The predicted octanol–water partition coefficient (Wildman–Crippen LogP) is 3.80. The molecule has 0 saturated carbocycles. The summed E-state index contributed by atoms with van der Waals surface area (Å²) in [4.78, 5) is 36.7. The van der Waals surface area contributed by atoms with Crippen molar-refractivity contribution in [3.05, 3.63) is 47.8 Å². The second-order valence-electron chi connectivity index (χ2n) is 10.0. The van der Waals surface area contributed by atoms with Crippen molar-refractivity contribution < 1.29 is 28.5 Å². The number of aromatic nitrogens is 2. The van der Waals surface area contributed by atoms with E-state index in [1.807, 2.05) is 24.3 Å². The molecule has 0 atom stereocenters. The van der Waals surface area contributed by atoms with Crippen LogP contribution in [-0.2, 0) is 27.2 Å². The summed E-state index contributed by atoms with van der Waals surface area (Å²) in [7, 11) is 1.56. The van der Waals surface area contributed by atoms with Gasteiger partial charge in [0, 0.05) is 48.5 Å². The molecule has 10 heteroatoms. The minimum absolute atomic E-state index is 0.00153. The number of rotatable bonds is 10. The predicted molar refractivity (Wildman–Crippen MR) is 150 cm³/mol. The topological polar surface area (TPSA) is 112 Å². The molecule has 4 heterocycles. The zero-order chi connectivity index (χ0) is 27.9. The van der Waals surface area contributed by atoms with E-state index in [-0.39, 0.29) is 24.2 Å². The largest absolute Gasteiger partial charge is 0.486 e. The lowest BCUT2D eigenvalue weighted by atomic mass is 9.95. The molecule has 5 rings (SSSR count). The van der Waals surface area contributed by atoms with Crippen LogP contribution in [0.25, 0.3) is 10.9 Å². The molecule has 3 aromatic rings. The standard InChI is InChI=1S/C30H36N4O6/c1-3-38-28(35)9-5-20-4-7-24(29-23(20)6-8-27(33-29)37-2)32-30(36)21-10-13-34(14-11-21)15-12-22-18-25-26(19-31-22)40-17-16-39-25/h4,6-8,18-19,21H,3,5,9-17H2,1-2H3,(H,32,36). The minimum Gasteiger partial charge on any atom is -0.486 e. The normalized spacial score (nSPS) is 15.6. The molecule has 2 aliphatic rings. The van der Waals surface area contributed by atoms with Crippen molar-refractivity contribution in [1.29, 1.82) is 0 Å². The van der Waals surface area contributed by atoms with Gasteiger partial charge in [-0.2, -0.15) is 0 Å². The number of carbonyl (C=O) groups is 2. The number of likely N-dealkylation sites (tertiary alicyclic amines) is 1. The molecule has 0 bridgehead atoms. The van der Waals surface area contributed by atoms with Gasteiger partial charge in [-0.05, 0) is 57.0 Å². The minimum atomic E-state index is -0.233. The Bertz CT molecular complexity index is 1360. The number of hydrogen-bond acceptors (Lipinski definition) is 9. The van der Waals surface area contributed by atoms with Gasteiger partial charge in [-0.15, -0.1) is 0 Å². The molecular formula is C30H36N4O6. The van der Waals surface area contributed by atoms with Gasteiger partial charge in [0.25, 0.3) is 0 Å². The number of methoxy groups -OCH3 is 1. The highest BCUT2D eigenvalue weighted by Crippen LogP contribution is 2.31. The zero-order valence-electron chi connectivity index (χ0n) is 23.1. The number of hydrogen-bond donors (Lipinski definition) is 1. The smallest absolute Gasteiger partial charge is 0.306 e. The summed E-state index contributed by atoms with van der Waals surface area (Å²) in [6.07, 6.45) is 4.93. The van der Waals surface area contributed by atoms with Crippen LogP contribution >= 0.6 is 0 Å². The number of amides is 1. The fourth-order valence-electron chi connectivity index (χ4n) is 5.21. The highest BCUT2D eigenvalue weighted by atomic mass is 16.6. The van der Waals surface area contributed by atoms with Crippen molar-refractivity contribution in [3.8, 4) is 17.4 Å². The van der Waals surface area contributed by atoms with Crippen molar-refractivity contribution in [3.63, 3.8) is 0 Å². The third-order valence-electron chi connectivity index (χ3n) is 7.42. The molecule has 1 fully saturated rings. The van der Waals surface area contributed by atoms with Gasteiger partial charge < -0.3 is 29.2 Å². The molecule has 40 heavy (non-hydrogen) atoms. The number of esters is 1.